The molecular weight excluding hydrogens is 400 g/mol. The highest BCUT2D eigenvalue weighted by atomic mass is 16.6. The maximum Gasteiger partial charge on any atom is 0.343 e. The van der Waals surface area contributed by atoms with Crippen molar-refractivity contribution in [1.29, 1.82) is 0 Å². The Balaban J connectivity index is 1.57. The van der Waals surface area contributed by atoms with E-state index in [-0.39, 0.29) is 18.6 Å². The number of nitrogens with one attached hydrogen (secondary N) is 1. The molecule has 0 atom stereocenters. The molecule has 1 fully saturated rings. The van der Waals surface area contributed by atoms with Gasteiger partial charge in [-0.3, -0.25) is 4.79 Å². The summed E-state index contributed by atoms with van der Waals surface area (Å²) in [4.78, 5) is 26.4. The van der Waals surface area contributed by atoms with Gasteiger partial charge < -0.3 is 29.2 Å². The van der Waals surface area contributed by atoms with Crippen LogP contribution in [0.15, 0.2) is 42.5 Å². The summed E-state index contributed by atoms with van der Waals surface area (Å²) in [6.07, 6.45) is 1.69. The number of methoxy groups -OCH3 is 3. The quantitative estimate of drug-likeness (QED) is 0.647. The molecule has 0 aromatic heterocycles. The largest absolute Gasteiger partial charge is 0.497 e. The summed E-state index contributed by atoms with van der Waals surface area (Å²) in [5.74, 6) is 0.887. The minimum Gasteiger partial charge on any atom is -0.497 e. The predicted molar refractivity (Wildman–Crippen MR) is 116 cm³/mol. The van der Waals surface area contributed by atoms with Crippen LogP contribution in [0.25, 0.3) is 0 Å². The van der Waals surface area contributed by atoms with Gasteiger partial charge in [-0.25, -0.2) is 4.79 Å². The lowest BCUT2D eigenvalue weighted by molar-refractivity contribution is -0.142. The molecule has 0 radical (unpaired) electrons. The van der Waals surface area contributed by atoms with Crippen LogP contribution in [0.4, 0.5) is 5.69 Å². The summed E-state index contributed by atoms with van der Waals surface area (Å²) in [6.45, 7) is 1.45. The summed E-state index contributed by atoms with van der Waals surface area (Å²) >= 11 is 0. The van der Waals surface area contributed by atoms with E-state index in [1.807, 2.05) is 24.3 Å². The van der Waals surface area contributed by atoms with Gasteiger partial charge in [0.15, 0.2) is 18.1 Å². The van der Waals surface area contributed by atoms with Gasteiger partial charge >= 0.3 is 5.97 Å². The smallest absolute Gasteiger partial charge is 0.343 e. The number of hydrogen-bond donors (Lipinski definition) is 1. The lowest BCUT2D eigenvalue weighted by atomic mass is 10.0. The van der Waals surface area contributed by atoms with Crippen LogP contribution in [0.2, 0.25) is 0 Å². The van der Waals surface area contributed by atoms with E-state index in [9.17, 15) is 9.59 Å². The molecule has 1 N–H and O–H groups in total. The number of nitrogens with zero attached hydrogens (tertiary/aromatic N) is 1. The van der Waals surface area contributed by atoms with Crippen LogP contribution in [-0.2, 0) is 9.53 Å². The van der Waals surface area contributed by atoms with Crippen LogP contribution in [0.1, 0.15) is 23.2 Å². The van der Waals surface area contributed by atoms with Crippen molar-refractivity contribution in [3.63, 3.8) is 0 Å². The fraction of sp³-hybridized carbons (Fsp3) is 0.391. The van der Waals surface area contributed by atoms with Crippen molar-refractivity contribution in [3.8, 4) is 17.2 Å². The minimum atomic E-state index is -0.513. The molecule has 2 aromatic rings. The van der Waals surface area contributed by atoms with Gasteiger partial charge in [-0.05, 0) is 55.3 Å². The topological polar surface area (TPSA) is 86.3 Å². The first-order valence-corrected chi connectivity index (χ1v) is 10.1. The van der Waals surface area contributed by atoms with E-state index in [4.69, 9.17) is 14.2 Å². The Labute approximate surface area is 182 Å². The molecule has 1 saturated heterocycles. The Morgan fingerprint density at radius 2 is 1.68 bits per heavy atom. The second kappa shape index (κ2) is 10.6. The second-order valence-electron chi connectivity index (χ2n) is 7.16. The van der Waals surface area contributed by atoms with E-state index < -0.39 is 5.97 Å². The molecule has 2 aromatic carbocycles. The van der Waals surface area contributed by atoms with Gasteiger partial charge in [0, 0.05) is 30.4 Å². The molecule has 0 unspecified atom stereocenters. The molecule has 0 bridgehead atoms. The van der Waals surface area contributed by atoms with Crippen molar-refractivity contribution in [1.82, 2.24) is 5.32 Å². The van der Waals surface area contributed by atoms with Gasteiger partial charge in [0.05, 0.1) is 21.3 Å². The summed E-state index contributed by atoms with van der Waals surface area (Å²) in [6, 6.07) is 13.0. The van der Waals surface area contributed by atoms with Gasteiger partial charge in [-0.2, -0.15) is 0 Å². The number of esters is 1. The number of benzene rings is 2. The average molecular weight is 428 g/mol. The Morgan fingerprint density at radius 1 is 0.968 bits per heavy atom. The molecule has 1 aliphatic heterocycles. The highest BCUT2D eigenvalue weighted by molar-refractivity contribution is 5.95. The third-order valence-corrected chi connectivity index (χ3v) is 5.27. The predicted octanol–water partition coefficient (Wildman–Crippen LogP) is 2.65. The summed E-state index contributed by atoms with van der Waals surface area (Å²) < 4.78 is 20.5. The Morgan fingerprint density at radius 3 is 2.29 bits per heavy atom. The number of anilines is 1. The van der Waals surface area contributed by atoms with Gasteiger partial charge in [0.2, 0.25) is 0 Å². The molecule has 31 heavy (non-hydrogen) atoms. The van der Waals surface area contributed by atoms with Gasteiger partial charge in [0.25, 0.3) is 5.91 Å². The summed E-state index contributed by atoms with van der Waals surface area (Å²) in [5.41, 5.74) is 1.59. The molecule has 3 rings (SSSR count). The van der Waals surface area contributed by atoms with Crippen LogP contribution in [-0.4, -0.2) is 58.9 Å². The standard InChI is InChI=1S/C23H28N2O6/c1-28-19-7-5-18(6-8-19)25-12-10-17(11-13-25)24-23(27)16-4-9-20(29-2)21(14-16)31-15-22(26)30-3/h4-9,14,17H,10-13,15H2,1-3H3,(H,24,27). The summed E-state index contributed by atoms with van der Waals surface area (Å²) in [7, 11) is 4.43. The first-order valence-electron chi connectivity index (χ1n) is 10.1. The van der Waals surface area contributed by atoms with E-state index in [0.29, 0.717) is 17.1 Å². The summed E-state index contributed by atoms with van der Waals surface area (Å²) in [5, 5.41) is 3.09. The Hall–Kier alpha value is -3.42. The zero-order valence-electron chi connectivity index (χ0n) is 18.1. The average Bonchev–Trinajstić information content (AvgIpc) is 2.82. The van der Waals surface area contributed by atoms with Crippen LogP contribution in [0, 0.1) is 0 Å². The molecule has 1 amide bonds. The highest BCUT2D eigenvalue weighted by Crippen LogP contribution is 2.28. The monoisotopic (exact) mass is 428 g/mol. The third-order valence-electron chi connectivity index (χ3n) is 5.27. The molecule has 8 heteroatoms. The molecule has 1 aliphatic rings. The molecule has 0 aliphatic carbocycles. The van der Waals surface area contributed by atoms with E-state index in [1.165, 1.54) is 14.2 Å². The number of carbonyl (C=O) groups excluding carboxylic acids is 2. The normalized spacial score (nSPS) is 14.0. The number of piperidine rings is 1. The van der Waals surface area contributed by atoms with Crippen molar-refractivity contribution in [2.45, 2.75) is 18.9 Å². The Kier molecular flexibility index (Phi) is 7.59. The number of amides is 1. The maximum absolute atomic E-state index is 12.8. The van der Waals surface area contributed by atoms with Gasteiger partial charge in [-0.1, -0.05) is 0 Å². The van der Waals surface area contributed by atoms with Crippen molar-refractivity contribution >= 4 is 17.6 Å². The number of carbonyl (C=O) groups is 2. The maximum atomic E-state index is 12.8. The zero-order chi connectivity index (χ0) is 22.2. The Bertz CT molecular complexity index is 891. The number of rotatable bonds is 8. The first-order chi connectivity index (χ1) is 15.0. The number of ether oxygens (including phenoxy) is 4. The van der Waals surface area contributed by atoms with E-state index in [2.05, 4.69) is 15.0 Å². The lowest BCUT2D eigenvalue weighted by Crippen LogP contribution is -2.44. The van der Waals surface area contributed by atoms with Crippen molar-refractivity contribution in [3.05, 3.63) is 48.0 Å². The molecule has 0 saturated carbocycles. The fourth-order valence-corrected chi connectivity index (χ4v) is 3.47. The van der Waals surface area contributed by atoms with Crippen molar-refractivity contribution < 1.29 is 28.5 Å². The van der Waals surface area contributed by atoms with Crippen LogP contribution in [0.5, 0.6) is 17.2 Å². The fourth-order valence-electron chi connectivity index (χ4n) is 3.47. The lowest BCUT2D eigenvalue weighted by Gasteiger charge is -2.34. The third kappa shape index (κ3) is 5.81. The molecule has 166 valence electrons. The molecule has 8 nitrogen and oxygen atoms in total. The van der Waals surface area contributed by atoms with Crippen LogP contribution >= 0.6 is 0 Å². The SMILES string of the molecule is COC(=O)COc1cc(C(=O)NC2CCN(c3ccc(OC)cc3)CC2)ccc1OC. The number of hydrogen-bond acceptors (Lipinski definition) is 7. The second-order valence-corrected chi connectivity index (χ2v) is 7.16. The van der Waals surface area contributed by atoms with Crippen LogP contribution in [0.3, 0.4) is 0 Å². The highest BCUT2D eigenvalue weighted by Gasteiger charge is 2.22. The van der Waals surface area contributed by atoms with Gasteiger partial charge in [0.1, 0.15) is 5.75 Å². The van der Waals surface area contributed by atoms with Crippen LogP contribution < -0.4 is 24.4 Å². The van der Waals surface area contributed by atoms with Crippen molar-refractivity contribution in [2.24, 2.45) is 0 Å². The van der Waals surface area contributed by atoms with Gasteiger partial charge in [-0.15, -0.1) is 0 Å². The molecular formula is C23H28N2O6. The van der Waals surface area contributed by atoms with E-state index in [1.54, 1.807) is 25.3 Å². The molecule has 1 heterocycles. The molecule has 0 spiro atoms. The first kappa shape index (κ1) is 22.3. The minimum absolute atomic E-state index is 0.0866. The zero-order valence-corrected chi connectivity index (χ0v) is 18.1. The van der Waals surface area contributed by atoms with E-state index in [0.717, 1.165) is 37.4 Å². The van der Waals surface area contributed by atoms with Crippen molar-refractivity contribution in [2.75, 3.05) is 45.9 Å². The van der Waals surface area contributed by atoms with E-state index >= 15 is 0 Å².